The van der Waals surface area contributed by atoms with E-state index in [1.54, 1.807) is 7.11 Å². The topological polar surface area (TPSA) is 63.2 Å². The van der Waals surface area contributed by atoms with Crippen molar-refractivity contribution in [1.29, 1.82) is 0 Å². The molecule has 5 nitrogen and oxygen atoms in total. The first-order valence-corrected chi connectivity index (χ1v) is 6.99. The largest absolute Gasteiger partial charge is 0.378 e. The number of aromatic nitrogens is 1. The molecule has 1 aromatic rings. The molecule has 6 heteroatoms. The lowest BCUT2D eigenvalue weighted by molar-refractivity contribution is 0.0776. The maximum atomic E-state index is 12.0. The number of nitrogens with one attached hydrogen (secondary N) is 2. The summed E-state index contributed by atoms with van der Waals surface area (Å²) in [4.78, 5) is 16.4. The molecule has 1 aliphatic rings. The number of nitrogens with zero attached hydrogens (tertiary/aromatic N) is 1. The summed E-state index contributed by atoms with van der Waals surface area (Å²) >= 11 is 1.53. The van der Waals surface area contributed by atoms with Gasteiger partial charge in [-0.1, -0.05) is 13.8 Å². The van der Waals surface area contributed by atoms with Gasteiger partial charge in [0.05, 0.1) is 17.2 Å². The smallest absolute Gasteiger partial charge is 0.271 e. The lowest BCUT2D eigenvalue weighted by atomic mass is 10.2. The Labute approximate surface area is 111 Å². The van der Waals surface area contributed by atoms with Crippen molar-refractivity contribution in [1.82, 2.24) is 15.6 Å². The second-order valence-electron chi connectivity index (χ2n) is 4.74. The minimum atomic E-state index is -0.117. The Kier molecular flexibility index (Phi) is 4.31. The summed E-state index contributed by atoms with van der Waals surface area (Å²) < 4.78 is 5.31. The van der Waals surface area contributed by atoms with Crippen LogP contribution in [0.2, 0.25) is 0 Å². The lowest BCUT2D eigenvalue weighted by Gasteiger charge is -2.17. The van der Waals surface area contributed by atoms with E-state index in [9.17, 15) is 4.79 Å². The van der Waals surface area contributed by atoms with Gasteiger partial charge in [0, 0.05) is 31.5 Å². The number of rotatable bonds is 4. The Morgan fingerprint density at radius 1 is 1.61 bits per heavy atom. The standard InChI is InChI=1S/C12H19N3O2S/c1-7(2)12-15-9(6-18-12)11(16)14-8-4-13-5-10(8)17-3/h6-8,10,13H,4-5H2,1-3H3,(H,14,16)/t8-,10+/m1/s1. The van der Waals surface area contributed by atoms with E-state index in [0.717, 1.165) is 18.1 Å². The molecule has 2 heterocycles. The van der Waals surface area contributed by atoms with E-state index in [2.05, 4.69) is 29.5 Å². The molecule has 1 aliphatic heterocycles. The van der Waals surface area contributed by atoms with Gasteiger partial charge in [0.15, 0.2) is 0 Å². The highest BCUT2D eigenvalue weighted by atomic mass is 32.1. The fraction of sp³-hybridized carbons (Fsp3) is 0.667. The van der Waals surface area contributed by atoms with Gasteiger partial charge in [0.2, 0.25) is 0 Å². The van der Waals surface area contributed by atoms with Crippen molar-refractivity contribution in [2.24, 2.45) is 0 Å². The number of thiazole rings is 1. The van der Waals surface area contributed by atoms with E-state index in [1.807, 2.05) is 5.38 Å². The highest BCUT2D eigenvalue weighted by molar-refractivity contribution is 7.09. The molecular weight excluding hydrogens is 250 g/mol. The Morgan fingerprint density at radius 2 is 2.39 bits per heavy atom. The lowest BCUT2D eigenvalue weighted by Crippen LogP contribution is -2.43. The molecule has 100 valence electrons. The van der Waals surface area contributed by atoms with E-state index in [1.165, 1.54) is 11.3 Å². The van der Waals surface area contributed by atoms with Gasteiger partial charge >= 0.3 is 0 Å². The summed E-state index contributed by atoms with van der Waals surface area (Å²) in [5, 5.41) is 8.97. The molecule has 1 fully saturated rings. The zero-order valence-electron chi connectivity index (χ0n) is 10.9. The van der Waals surface area contributed by atoms with Gasteiger partial charge in [-0.15, -0.1) is 11.3 Å². The van der Waals surface area contributed by atoms with Crippen molar-refractivity contribution < 1.29 is 9.53 Å². The van der Waals surface area contributed by atoms with Crippen LogP contribution in [0.25, 0.3) is 0 Å². The summed E-state index contributed by atoms with van der Waals surface area (Å²) in [5.41, 5.74) is 0.505. The van der Waals surface area contributed by atoms with E-state index < -0.39 is 0 Å². The number of hydrogen-bond acceptors (Lipinski definition) is 5. The van der Waals surface area contributed by atoms with E-state index in [4.69, 9.17) is 4.74 Å². The number of amides is 1. The Balaban J connectivity index is 1.98. The zero-order chi connectivity index (χ0) is 13.1. The van der Waals surface area contributed by atoms with Crippen molar-refractivity contribution in [2.75, 3.05) is 20.2 Å². The second kappa shape index (κ2) is 5.77. The highest BCUT2D eigenvalue weighted by Gasteiger charge is 2.29. The van der Waals surface area contributed by atoms with Crippen LogP contribution in [0.5, 0.6) is 0 Å². The van der Waals surface area contributed by atoms with E-state index in [-0.39, 0.29) is 18.1 Å². The van der Waals surface area contributed by atoms with Crippen LogP contribution in [0.4, 0.5) is 0 Å². The second-order valence-corrected chi connectivity index (χ2v) is 5.63. The molecule has 2 atom stereocenters. The number of hydrogen-bond donors (Lipinski definition) is 2. The Hall–Kier alpha value is -0.980. The molecule has 1 saturated heterocycles. The first-order valence-electron chi connectivity index (χ1n) is 6.11. The zero-order valence-corrected chi connectivity index (χ0v) is 11.7. The maximum Gasteiger partial charge on any atom is 0.271 e. The predicted octanol–water partition coefficient (Wildman–Crippen LogP) is 0.983. The van der Waals surface area contributed by atoms with Gasteiger partial charge in [-0.2, -0.15) is 0 Å². The third kappa shape index (κ3) is 2.88. The van der Waals surface area contributed by atoms with Crippen molar-refractivity contribution >= 4 is 17.2 Å². The molecule has 0 radical (unpaired) electrons. The van der Waals surface area contributed by atoms with Crippen LogP contribution in [-0.4, -0.2) is 43.2 Å². The molecule has 2 rings (SSSR count). The SMILES string of the molecule is CO[C@H]1CNC[C@H]1NC(=O)c1csc(C(C)C)n1. The summed E-state index contributed by atoms with van der Waals surface area (Å²) in [6, 6.07) is 0.0201. The molecular formula is C12H19N3O2S. The quantitative estimate of drug-likeness (QED) is 0.855. The summed E-state index contributed by atoms with van der Waals surface area (Å²) in [6.07, 6.45) is 0.0390. The number of carbonyl (C=O) groups is 1. The van der Waals surface area contributed by atoms with Gasteiger partial charge < -0.3 is 15.4 Å². The molecule has 0 aliphatic carbocycles. The van der Waals surface area contributed by atoms with Crippen LogP contribution in [0.3, 0.4) is 0 Å². The van der Waals surface area contributed by atoms with Gasteiger partial charge in [0.1, 0.15) is 5.69 Å². The molecule has 1 aromatic heterocycles. The van der Waals surface area contributed by atoms with Gasteiger partial charge in [0.25, 0.3) is 5.91 Å². The minimum absolute atomic E-state index is 0.0201. The monoisotopic (exact) mass is 269 g/mol. The summed E-state index contributed by atoms with van der Waals surface area (Å²) in [7, 11) is 1.66. The third-order valence-electron chi connectivity index (χ3n) is 3.03. The molecule has 0 aromatic carbocycles. The predicted molar refractivity (Wildman–Crippen MR) is 71.1 cm³/mol. The highest BCUT2D eigenvalue weighted by Crippen LogP contribution is 2.19. The molecule has 0 saturated carbocycles. The van der Waals surface area contributed by atoms with E-state index >= 15 is 0 Å². The van der Waals surface area contributed by atoms with Crippen molar-refractivity contribution in [2.45, 2.75) is 31.9 Å². The van der Waals surface area contributed by atoms with Crippen LogP contribution >= 0.6 is 11.3 Å². The molecule has 0 unspecified atom stereocenters. The fourth-order valence-electron chi connectivity index (χ4n) is 1.95. The van der Waals surface area contributed by atoms with Crippen LogP contribution < -0.4 is 10.6 Å². The van der Waals surface area contributed by atoms with Gasteiger partial charge in [-0.3, -0.25) is 4.79 Å². The number of ether oxygens (including phenoxy) is 1. The van der Waals surface area contributed by atoms with Crippen LogP contribution in [-0.2, 0) is 4.74 Å². The van der Waals surface area contributed by atoms with Crippen LogP contribution in [0.15, 0.2) is 5.38 Å². The first-order chi connectivity index (χ1) is 8.61. The van der Waals surface area contributed by atoms with Crippen LogP contribution in [0, 0.1) is 0 Å². The minimum Gasteiger partial charge on any atom is -0.378 e. The average Bonchev–Trinajstić information content (AvgIpc) is 2.96. The van der Waals surface area contributed by atoms with Crippen molar-refractivity contribution in [3.8, 4) is 0 Å². The van der Waals surface area contributed by atoms with E-state index in [0.29, 0.717) is 11.6 Å². The van der Waals surface area contributed by atoms with Crippen molar-refractivity contribution in [3.05, 3.63) is 16.1 Å². The average molecular weight is 269 g/mol. The summed E-state index contributed by atoms with van der Waals surface area (Å²) in [6.45, 7) is 5.66. The molecule has 1 amide bonds. The Bertz CT molecular complexity index is 419. The third-order valence-corrected chi connectivity index (χ3v) is 4.17. The van der Waals surface area contributed by atoms with Gasteiger partial charge in [-0.25, -0.2) is 4.98 Å². The molecule has 18 heavy (non-hydrogen) atoms. The normalized spacial score (nSPS) is 23.6. The number of carbonyl (C=O) groups excluding carboxylic acids is 1. The molecule has 0 spiro atoms. The van der Waals surface area contributed by atoms with Crippen molar-refractivity contribution in [3.63, 3.8) is 0 Å². The first kappa shape index (κ1) is 13.5. The number of methoxy groups -OCH3 is 1. The fourth-order valence-corrected chi connectivity index (χ4v) is 2.76. The maximum absolute atomic E-state index is 12.0. The summed E-state index contributed by atoms with van der Waals surface area (Å²) in [5.74, 6) is 0.241. The molecule has 2 N–H and O–H groups in total. The Morgan fingerprint density at radius 3 is 3.00 bits per heavy atom. The van der Waals surface area contributed by atoms with Gasteiger partial charge in [-0.05, 0) is 0 Å². The van der Waals surface area contributed by atoms with Crippen LogP contribution in [0.1, 0.15) is 35.3 Å². The molecule has 0 bridgehead atoms.